The lowest BCUT2D eigenvalue weighted by Crippen LogP contribution is -2.50. The summed E-state index contributed by atoms with van der Waals surface area (Å²) in [5, 5.41) is 6.61. The number of thiazole rings is 1. The van der Waals surface area contributed by atoms with E-state index in [-0.39, 0.29) is 46.1 Å². The number of sulfonamides is 1. The Morgan fingerprint density at radius 1 is 1.12 bits per heavy atom. The Kier molecular flexibility index (Phi) is 9.02. The fourth-order valence-corrected chi connectivity index (χ4v) is 8.59. The van der Waals surface area contributed by atoms with Crippen molar-refractivity contribution in [2.45, 2.75) is 62.4 Å². The molecule has 10 nitrogen and oxygen atoms in total. The van der Waals surface area contributed by atoms with Crippen LogP contribution in [0.5, 0.6) is 0 Å². The van der Waals surface area contributed by atoms with E-state index < -0.39 is 21.8 Å². The van der Waals surface area contributed by atoms with Crippen LogP contribution < -0.4 is 10.6 Å². The molecule has 228 valence electrons. The molecule has 1 saturated carbocycles. The number of anilines is 2. The minimum Gasteiger partial charge on any atom is -0.366 e. The summed E-state index contributed by atoms with van der Waals surface area (Å²) in [6.07, 6.45) is 1.45. The van der Waals surface area contributed by atoms with Gasteiger partial charge < -0.3 is 10.6 Å². The lowest BCUT2D eigenvalue weighted by atomic mass is 9.89. The summed E-state index contributed by atoms with van der Waals surface area (Å²) in [6.45, 7) is 5.60. The minimum absolute atomic E-state index is 0.0570. The maximum Gasteiger partial charge on any atom is 0.418 e. The molecule has 42 heavy (non-hydrogen) atoms. The molecule has 2 fully saturated rings. The lowest BCUT2D eigenvalue weighted by molar-refractivity contribution is -0.136. The first-order valence-electron chi connectivity index (χ1n) is 14.0. The van der Waals surface area contributed by atoms with E-state index in [1.807, 2.05) is 6.92 Å². The first-order chi connectivity index (χ1) is 19.9. The Hall–Kier alpha value is -2.88. The second kappa shape index (κ2) is 12.4. The summed E-state index contributed by atoms with van der Waals surface area (Å²) in [4.78, 5) is 27.1. The summed E-state index contributed by atoms with van der Waals surface area (Å²) in [5.41, 5.74) is -0.612. The van der Waals surface area contributed by atoms with E-state index in [0.717, 1.165) is 55.8 Å². The monoisotopic (exact) mass is 625 g/mol. The maximum absolute atomic E-state index is 13.5. The van der Waals surface area contributed by atoms with E-state index in [0.29, 0.717) is 36.3 Å². The van der Waals surface area contributed by atoms with Crippen LogP contribution in [0, 0.1) is 12.8 Å². The molecular formula is C27H34F3N7O3S2. The highest BCUT2D eigenvalue weighted by Crippen LogP contribution is 2.35. The van der Waals surface area contributed by atoms with Gasteiger partial charge >= 0.3 is 6.18 Å². The van der Waals surface area contributed by atoms with Gasteiger partial charge in [-0.25, -0.2) is 23.4 Å². The van der Waals surface area contributed by atoms with E-state index in [4.69, 9.17) is 0 Å². The number of aromatic nitrogens is 3. The van der Waals surface area contributed by atoms with Crippen molar-refractivity contribution < 1.29 is 26.4 Å². The molecule has 1 amide bonds. The highest BCUT2D eigenvalue weighted by atomic mass is 32.2. The van der Waals surface area contributed by atoms with Crippen molar-refractivity contribution in [2.24, 2.45) is 5.92 Å². The minimum atomic E-state index is -4.53. The Balaban J connectivity index is 1.18. The van der Waals surface area contributed by atoms with Gasteiger partial charge in [-0.3, -0.25) is 9.69 Å². The fraction of sp³-hybridized carbons (Fsp3) is 0.556. The molecule has 2 aliphatic rings. The number of hydrogen-bond acceptors (Lipinski definition) is 9. The summed E-state index contributed by atoms with van der Waals surface area (Å²) in [6, 6.07) is 3.71. The molecule has 1 atom stereocenters. The van der Waals surface area contributed by atoms with Crippen molar-refractivity contribution >= 4 is 49.1 Å². The van der Waals surface area contributed by atoms with Gasteiger partial charge in [0.25, 0.3) is 10.0 Å². The number of amides is 1. The third-order valence-corrected chi connectivity index (χ3v) is 11.3. The highest BCUT2D eigenvalue weighted by Gasteiger charge is 2.35. The molecule has 1 aliphatic heterocycles. The van der Waals surface area contributed by atoms with E-state index in [1.54, 1.807) is 13.0 Å². The number of carbonyl (C=O) groups is 1. The van der Waals surface area contributed by atoms with Crippen molar-refractivity contribution in [3.05, 3.63) is 35.8 Å². The van der Waals surface area contributed by atoms with Crippen LogP contribution in [0.3, 0.4) is 0 Å². The van der Waals surface area contributed by atoms with Gasteiger partial charge in [0.1, 0.15) is 12.1 Å². The fourth-order valence-electron chi connectivity index (χ4n) is 5.61. The smallest absolute Gasteiger partial charge is 0.366 e. The third-order valence-electron chi connectivity index (χ3n) is 7.75. The molecule has 2 aromatic heterocycles. The predicted molar refractivity (Wildman–Crippen MR) is 155 cm³/mol. The number of rotatable bonds is 8. The SMILES string of the molecule is Cc1nc(NC(=O)C2CCCCC2)sc1S(=O)(=O)N1CCN(C[C@H](C)Nc2ncnc3c(C(F)(F)F)cccc23)CC1. The molecule has 1 aliphatic carbocycles. The van der Waals surface area contributed by atoms with Gasteiger partial charge in [0.05, 0.1) is 16.8 Å². The quantitative estimate of drug-likeness (QED) is 0.369. The molecule has 5 rings (SSSR count). The molecule has 2 N–H and O–H groups in total. The number of para-hydroxylation sites is 1. The molecular weight excluding hydrogens is 591 g/mol. The Morgan fingerprint density at radius 3 is 2.52 bits per heavy atom. The summed E-state index contributed by atoms with van der Waals surface area (Å²) in [7, 11) is -3.79. The van der Waals surface area contributed by atoms with Crippen LogP contribution in [0.1, 0.15) is 50.3 Å². The molecule has 0 bridgehead atoms. The van der Waals surface area contributed by atoms with Crippen molar-refractivity contribution in [3.8, 4) is 0 Å². The van der Waals surface area contributed by atoms with Gasteiger partial charge in [-0.1, -0.05) is 36.7 Å². The van der Waals surface area contributed by atoms with E-state index in [9.17, 15) is 26.4 Å². The summed E-state index contributed by atoms with van der Waals surface area (Å²) in [5.74, 6) is 0.157. The number of benzene rings is 1. The second-order valence-electron chi connectivity index (χ2n) is 10.9. The van der Waals surface area contributed by atoms with Gasteiger partial charge in [-0.2, -0.15) is 17.5 Å². The number of nitrogens with one attached hydrogen (secondary N) is 2. The molecule has 0 radical (unpaired) electrons. The van der Waals surface area contributed by atoms with Gasteiger partial charge in [0.15, 0.2) is 9.34 Å². The Morgan fingerprint density at radius 2 is 1.83 bits per heavy atom. The summed E-state index contributed by atoms with van der Waals surface area (Å²) < 4.78 is 68.8. The van der Waals surface area contributed by atoms with Gasteiger partial charge in [0.2, 0.25) is 5.91 Å². The number of aryl methyl sites for hydroxylation is 1. The third kappa shape index (κ3) is 6.68. The standard InChI is InChI=1S/C27H34F3N7O3S2/c1-17(33-23-20-9-6-10-21(27(28,29)30)22(20)31-16-32-23)15-36-11-13-37(14-12-36)42(39,40)25-18(2)34-26(41-25)35-24(38)19-7-4-3-5-8-19/h6,9-10,16-17,19H,3-5,7-8,11-15H2,1-2H3,(H,31,32,33)(H,34,35,38)/t17-/m0/s1. The van der Waals surface area contributed by atoms with E-state index in [1.165, 1.54) is 10.4 Å². The average Bonchev–Trinajstić information content (AvgIpc) is 3.33. The van der Waals surface area contributed by atoms with Crippen molar-refractivity contribution in [1.29, 1.82) is 0 Å². The lowest BCUT2D eigenvalue weighted by Gasteiger charge is -2.35. The van der Waals surface area contributed by atoms with E-state index >= 15 is 0 Å². The molecule has 15 heteroatoms. The van der Waals surface area contributed by atoms with Crippen LogP contribution in [-0.2, 0) is 21.0 Å². The number of nitrogens with zero attached hydrogens (tertiary/aromatic N) is 5. The van der Waals surface area contributed by atoms with Crippen LogP contribution in [0.25, 0.3) is 10.9 Å². The largest absolute Gasteiger partial charge is 0.418 e. The number of halogens is 3. The molecule has 3 heterocycles. The first kappa shape index (κ1) is 30.6. The summed E-state index contributed by atoms with van der Waals surface area (Å²) >= 11 is 0.990. The number of alkyl halides is 3. The van der Waals surface area contributed by atoms with Crippen LogP contribution >= 0.6 is 11.3 Å². The number of fused-ring (bicyclic) bond motifs is 1. The van der Waals surface area contributed by atoms with Gasteiger partial charge in [0, 0.05) is 50.1 Å². The zero-order valence-electron chi connectivity index (χ0n) is 23.4. The van der Waals surface area contributed by atoms with Crippen LogP contribution in [0.4, 0.5) is 24.1 Å². The molecule has 0 unspecified atom stereocenters. The predicted octanol–water partition coefficient (Wildman–Crippen LogP) is 4.74. The van der Waals surface area contributed by atoms with Gasteiger partial charge in [-0.05, 0) is 38.8 Å². The average molecular weight is 626 g/mol. The van der Waals surface area contributed by atoms with Crippen LogP contribution in [0.15, 0.2) is 28.7 Å². The normalized spacial score (nSPS) is 18.7. The highest BCUT2D eigenvalue weighted by molar-refractivity contribution is 7.91. The number of carbonyl (C=O) groups excluding carboxylic acids is 1. The zero-order chi connectivity index (χ0) is 30.1. The van der Waals surface area contributed by atoms with Crippen LogP contribution in [-0.4, -0.2) is 77.2 Å². The van der Waals surface area contributed by atoms with Crippen LogP contribution in [0.2, 0.25) is 0 Å². The molecule has 1 aromatic carbocycles. The van der Waals surface area contributed by atoms with Crippen molar-refractivity contribution in [3.63, 3.8) is 0 Å². The Labute approximate surface area is 246 Å². The first-order valence-corrected chi connectivity index (χ1v) is 16.3. The molecule has 0 spiro atoms. The van der Waals surface area contributed by atoms with Gasteiger partial charge in [-0.15, -0.1) is 0 Å². The number of hydrogen-bond donors (Lipinski definition) is 2. The molecule has 3 aromatic rings. The second-order valence-corrected chi connectivity index (χ2v) is 14.0. The maximum atomic E-state index is 13.5. The van der Waals surface area contributed by atoms with E-state index in [2.05, 4.69) is 30.5 Å². The zero-order valence-corrected chi connectivity index (χ0v) is 25.1. The van der Waals surface area contributed by atoms with Crippen molar-refractivity contribution in [2.75, 3.05) is 43.4 Å². The molecule has 1 saturated heterocycles. The van der Waals surface area contributed by atoms with Crippen molar-refractivity contribution in [1.82, 2.24) is 24.2 Å². The number of piperazine rings is 1. The Bertz CT molecular complexity index is 1530. The topological polar surface area (TPSA) is 120 Å².